The third-order valence-corrected chi connectivity index (χ3v) is 5.77. The van der Waals surface area contributed by atoms with Crippen molar-refractivity contribution in [2.24, 2.45) is 0 Å². The minimum absolute atomic E-state index is 0.129. The van der Waals surface area contributed by atoms with Gasteiger partial charge in [0.1, 0.15) is 17.1 Å². The summed E-state index contributed by atoms with van der Waals surface area (Å²) in [5.41, 5.74) is 0.675. The predicted octanol–water partition coefficient (Wildman–Crippen LogP) is -0.901. The lowest BCUT2D eigenvalue weighted by atomic mass is 9.96. The summed E-state index contributed by atoms with van der Waals surface area (Å²) in [5, 5.41) is 29.1. The Bertz CT molecular complexity index is 932. The van der Waals surface area contributed by atoms with Crippen LogP contribution in [0.15, 0.2) is 41.6 Å². The number of hydroxylamine groups is 1. The number of benzene rings is 1. The molecule has 1 aromatic carbocycles. The molecule has 0 aliphatic carbocycles. The van der Waals surface area contributed by atoms with Gasteiger partial charge in [0, 0.05) is 5.75 Å². The fraction of sp³-hybridized carbons (Fsp3) is 0.235. The molecule has 3 rings (SSSR count). The van der Waals surface area contributed by atoms with Crippen LogP contribution >= 0.6 is 11.8 Å². The van der Waals surface area contributed by atoms with Gasteiger partial charge in [0.05, 0.1) is 5.57 Å². The number of carboxylic acids is 2. The summed E-state index contributed by atoms with van der Waals surface area (Å²) in [6.45, 7) is 0. The maximum absolute atomic E-state index is 12.5. The fourth-order valence-electron chi connectivity index (χ4n) is 3.15. The molecule has 0 aromatic heterocycles. The summed E-state index contributed by atoms with van der Waals surface area (Å²) in [6, 6.07) is 6.59. The third-order valence-electron chi connectivity index (χ3n) is 4.49. The van der Waals surface area contributed by atoms with E-state index in [4.69, 9.17) is 5.21 Å². The Morgan fingerprint density at radius 1 is 1.14 bits per heavy atom. The second-order valence-electron chi connectivity index (χ2n) is 6.15. The molecule has 0 saturated carbocycles. The maximum atomic E-state index is 12.5. The first-order valence-corrected chi connectivity index (χ1v) is 9.26. The van der Waals surface area contributed by atoms with Crippen molar-refractivity contribution in [2.45, 2.75) is 17.3 Å². The lowest BCUT2D eigenvalue weighted by Gasteiger charge is -2.49. The first-order chi connectivity index (χ1) is 13.8. The van der Waals surface area contributed by atoms with Crippen molar-refractivity contribution in [3.05, 3.63) is 47.2 Å². The molecule has 0 radical (unpaired) electrons. The Kier molecular flexibility index (Phi) is 5.57. The largest absolute Gasteiger partial charge is 0.480 e. The number of aliphatic carboxylic acids is 2. The van der Waals surface area contributed by atoms with Crippen molar-refractivity contribution in [3.8, 4) is 0 Å². The molecule has 0 spiro atoms. The lowest BCUT2D eigenvalue weighted by Crippen LogP contribution is -2.71. The number of carboxylic acid groups (broad SMARTS) is 2. The molecule has 3 atom stereocenters. The smallest absolute Gasteiger partial charge is 0.353 e. The van der Waals surface area contributed by atoms with Crippen LogP contribution in [0.2, 0.25) is 0 Å². The van der Waals surface area contributed by atoms with Crippen molar-refractivity contribution >= 4 is 41.4 Å². The van der Waals surface area contributed by atoms with Gasteiger partial charge >= 0.3 is 11.9 Å². The molecule has 2 aliphatic heterocycles. The van der Waals surface area contributed by atoms with E-state index in [2.05, 4.69) is 5.32 Å². The van der Waals surface area contributed by atoms with Crippen LogP contribution in [0.4, 0.5) is 0 Å². The van der Waals surface area contributed by atoms with Gasteiger partial charge < -0.3 is 15.5 Å². The van der Waals surface area contributed by atoms with Crippen LogP contribution in [-0.2, 0) is 24.0 Å². The van der Waals surface area contributed by atoms with E-state index in [1.54, 1.807) is 18.2 Å². The molecule has 1 fully saturated rings. The highest BCUT2D eigenvalue weighted by Gasteiger charge is 2.55. The average Bonchev–Trinajstić information content (AvgIpc) is 2.70. The van der Waals surface area contributed by atoms with Crippen LogP contribution in [0.1, 0.15) is 11.5 Å². The lowest BCUT2D eigenvalue weighted by molar-refractivity contribution is -0.152. The monoisotopic (exact) mass is 421 g/mol. The van der Waals surface area contributed by atoms with Crippen LogP contribution in [-0.4, -0.2) is 67.1 Å². The van der Waals surface area contributed by atoms with Crippen molar-refractivity contribution in [3.63, 3.8) is 0 Å². The first-order valence-electron chi connectivity index (χ1n) is 8.21. The maximum Gasteiger partial charge on any atom is 0.353 e. The average molecular weight is 421 g/mol. The van der Waals surface area contributed by atoms with E-state index in [0.29, 0.717) is 0 Å². The quantitative estimate of drug-likeness (QED) is 0.169. The number of nitrogens with one attached hydrogen (secondary N) is 2. The minimum atomic E-state index is -1.54. The van der Waals surface area contributed by atoms with Crippen LogP contribution in [0.25, 0.3) is 0 Å². The van der Waals surface area contributed by atoms with E-state index >= 15 is 0 Å². The third kappa shape index (κ3) is 3.54. The zero-order valence-corrected chi connectivity index (χ0v) is 15.4. The second kappa shape index (κ2) is 7.93. The molecule has 3 amide bonds. The number of amides is 3. The van der Waals surface area contributed by atoms with Crippen molar-refractivity contribution in [1.82, 2.24) is 15.7 Å². The van der Waals surface area contributed by atoms with E-state index in [1.807, 2.05) is 0 Å². The minimum Gasteiger partial charge on any atom is -0.480 e. The van der Waals surface area contributed by atoms with Crippen molar-refractivity contribution in [2.75, 3.05) is 5.75 Å². The summed E-state index contributed by atoms with van der Waals surface area (Å²) in [6.07, 6.45) is 0. The van der Waals surface area contributed by atoms with Crippen molar-refractivity contribution < 1.29 is 39.4 Å². The van der Waals surface area contributed by atoms with Crippen LogP contribution < -0.4 is 10.8 Å². The second-order valence-corrected chi connectivity index (χ2v) is 7.26. The van der Waals surface area contributed by atoms with Crippen LogP contribution in [0.5, 0.6) is 0 Å². The molecule has 2 unspecified atom stereocenters. The van der Waals surface area contributed by atoms with Gasteiger partial charge in [-0.05, 0) is 5.56 Å². The van der Waals surface area contributed by atoms with Gasteiger partial charge in [-0.15, -0.1) is 11.8 Å². The highest BCUT2D eigenvalue weighted by atomic mass is 32.2. The number of β-lactam (4-membered cyclic amide) rings is 1. The Labute approximate surface area is 167 Å². The predicted molar refractivity (Wildman–Crippen MR) is 96.4 cm³/mol. The summed E-state index contributed by atoms with van der Waals surface area (Å²) < 4.78 is 0. The van der Waals surface area contributed by atoms with Gasteiger partial charge in [-0.3, -0.25) is 29.3 Å². The molecule has 1 aromatic rings. The van der Waals surface area contributed by atoms with Gasteiger partial charge in [0.15, 0.2) is 5.92 Å². The van der Waals surface area contributed by atoms with E-state index in [9.17, 15) is 34.2 Å². The van der Waals surface area contributed by atoms with Gasteiger partial charge in [0.25, 0.3) is 11.8 Å². The van der Waals surface area contributed by atoms with Gasteiger partial charge in [0.2, 0.25) is 5.91 Å². The van der Waals surface area contributed by atoms with Gasteiger partial charge in [-0.25, -0.2) is 10.3 Å². The SMILES string of the molecule is O=C(O)C1=C(C(=O)NO)CS[C@@H]2C(NC(=O)C(C(=O)O)c3ccccc3)C(=O)N12. The summed E-state index contributed by atoms with van der Waals surface area (Å²) in [5.74, 6) is -7.38. The molecule has 0 bridgehead atoms. The summed E-state index contributed by atoms with van der Waals surface area (Å²) >= 11 is 1.01. The number of thioether (sulfide) groups is 1. The van der Waals surface area contributed by atoms with E-state index in [0.717, 1.165) is 16.7 Å². The molecular weight excluding hydrogens is 406 g/mol. The number of carbonyl (C=O) groups is 5. The molecular formula is C17H15N3O8S. The standard InChI is InChI=1S/C17H15N3O8S/c21-12(19-28)8-6-29-15-10(14(23)20(15)11(8)17(26)27)18-13(22)9(16(24)25)7-4-2-1-3-5-7/h1-5,9-10,15,28H,6H2,(H,18,22)(H,19,21)(H,24,25)(H,26,27)/t9?,10?,15-/m1/s1. The number of hydrogen-bond donors (Lipinski definition) is 5. The molecule has 12 heteroatoms. The molecule has 5 N–H and O–H groups in total. The van der Waals surface area contributed by atoms with Gasteiger partial charge in [-0.1, -0.05) is 30.3 Å². The van der Waals surface area contributed by atoms with Crippen LogP contribution in [0.3, 0.4) is 0 Å². The Balaban J connectivity index is 1.82. The van der Waals surface area contributed by atoms with Gasteiger partial charge in [-0.2, -0.15) is 0 Å². The first kappa shape index (κ1) is 20.4. The fourth-order valence-corrected chi connectivity index (χ4v) is 4.49. The Morgan fingerprint density at radius 2 is 1.79 bits per heavy atom. The zero-order valence-electron chi connectivity index (χ0n) is 14.6. The zero-order chi connectivity index (χ0) is 21.3. The van der Waals surface area contributed by atoms with E-state index in [1.165, 1.54) is 17.6 Å². The number of hydrogen-bond acceptors (Lipinski definition) is 7. The Hall–Kier alpha value is -3.38. The highest BCUT2D eigenvalue weighted by molar-refractivity contribution is 8.00. The van der Waals surface area contributed by atoms with E-state index < -0.39 is 52.7 Å². The molecule has 29 heavy (non-hydrogen) atoms. The van der Waals surface area contributed by atoms with Crippen molar-refractivity contribution in [1.29, 1.82) is 0 Å². The summed E-state index contributed by atoms with van der Waals surface area (Å²) in [7, 11) is 0. The molecule has 152 valence electrons. The van der Waals surface area contributed by atoms with Crippen LogP contribution in [0, 0.1) is 0 Å². The Morgan fingerprint density at radius 3 is 2.34 bits per heavy atom. The molecule has 2 heterocycles. The number of rotatable bonds is 6. The normalized spacial score (nSPS) is 21.6. The highest BCUT2D eigenvalue weighted by Crippen LogP contribution is 2.40. The molecule has 2 aliphatic rings. The number of carbonyl (C=O) groups excluding carboxylic acids is 3. The number of nitrogens with zero attached hydrogens (tertiary/aromatic N) is 1. The topological polar surface area (TPSA) is 173 Å². The summed E-state index contributed by atoms with van der Waals surface area (Å²) in [4.78, 5) is 60.7. The molecule has 1 saturated heterocycles. The number of fused-ring (bicyclic) bond motifs is 1. The molecule has 11 nitrogen and oxygen atoms in total. The van der Waals surface area contributed by atoms with E-state index in [-0.39, 0.29) is 16.9 Å².